The van der Waals surface area contributed by atoms with E-state index in [9.17, 15) is 14.4 Å². The summed E-state index contributed by atoms with van der Waals surface area (Å²) in [5.74, 6) is -4.23. The number of amides is 1. The molecule has 6 nitrogen and oxygen atoms in total. The first kappa shape index (κ1) is 12.2. The molecule has 3 N–H and O–H groups in total. The van der Waals surface area contributed by atoms with Crippen molar-refractivity contribution in [2.45, 2.75) is 0 Å². The lowest BCUT2D eigenvalue weighted by atomic mass is 10.2. The Bertz CT molecular complexity index is 471. The van der Waals surface area contributed by atoms with E-state index in [1.165, 1.54) is 18.2 Å². The summed E-state index contributed by atoms with van der Waals surface area (Å²) in [6, 6.07) is 4.05. The van der Waals surface area contributed by atoms with Gasteiger partial charge in [0.1, 0.15) is 0 Å². The normalized spacial score (nSPS) is 9.56. The number of carboxylic acids is 2. The molecule has 0 saturated carbocycles. The Kier molecular flexibility index (Phi) is 3.62. The number of halogens is 1. The predicted octanol–water partition coefficient (Wildman–Crippen LogP) is 1.17. The van der Waals surface area contributed by atoms with E-state index in [2.05, 4.69) is 15.9 Å². The molecule has 1 amide bonds. The van der Waals surface area contributed by atoms with E-state index >= 15 is 0 Å². The number of aliphatic carboxylic acids is 1. The fraction of sp³-hybridized carbons (Fsp3) is 0. The van der Waals surface area contributed by atoms with Crippen LogP contribution in [0.1, 0.15) is 10.4 Å². The molecule has 1 aromatic carbocycles. The molecule has 16 heavy (non-hydrogen) atoms. The lowest BCUT2D eigenvalue weighted by Gasteiger charge is -2.06. The second kappa shape index (κ2) is 4.75. The van der Waals surface area contributed by atoms with Crippen molar-refractivity contribution in [1.82, 2.24) is 0 Å². The van der Waals surface area contributed by atoms with Crippen LogP contribution in [0.5, 0.6) is 0 Å². The Hall–Kier alpha value is -1.89. The summed E-state index contributed by atoms with van der Waals surface area (Å²) in [7, 11) is 0. The average Bonchev–Trinajstić information content (AvgIpc) is 2.20. The van der Waals surface area contributed by atoms with Gasteiger partial charge in [-0.25, -0.2) is 9.59 Å². The molecule has 0 aromatic heterocycles. The van der Waals surface area contributed by atoms with Gasteiger partial charge < -0.3 is 15.5 Å². The number of nitrogens with one attached hydrogen (secondary N) is 1. The Labute approximate surface area is 98.0 Å². The molecule has 0 unspecified atom stereocenters. The minimum Gasteiger partial charge on any atom is -0.478 e. The molecular weight excluding hydrogens is 282 g/mol. The molecule has 0 bridgehead atoms. The smallest absolute Gasteiger partial charge is 0.394 e. The first-order chi connectivity index (χ1) is 7.41. The van der Waals surface area contributed by atoms with Gasteiger partial charge >= 0.3 is 17.8 Å². The summed E-state index contributed by atoms with van der Waals surface area (Å²) in [6.07, 6.45) is 0. The number of rotatable bonds is 2. The van der Waals surface area contributed by atoms with Gasteiger partial charge in [0.15, 0.2) is 0 Å². The van der Waals surface area contributed by atoms with E-state index in [4.69, 9.17) is 10.2 Å². The van der Waals surface area contributed by atoms with Crippen LogP contribution < -0.4 is 5.32 Å². The largest absolute Gasteiger partial charge is 0.478 e. The molecule has 0 aliphatic heterocycles. The van der Waals surface area contributed by atoms with Gasteiger partial charge in [-0.05, 0) is 18.2 Å². The molecule has 0 aliphatic rings. The fourth-order valence-electron chi connectivity index (χ4n) is 0.978. The number of aromatic carboxylic acids is 1. The predicted molar refractivity (Wildman–Crippen MR) is 57.4 cm³/mol. The molecule has 84 valence electrons. The summed E-state index contributed by atoms with van der Waals surface area (Å²) in [4.78, 5) is 31.9. The maximum atomic E-state index is 10.9. The summed E-state index contributed by atoms with van der Waals surface area (Å²) in [6.45, 7) is 0. The topological polar surface area (TPSA) is 104 Å². The Balaban J connectivity index is 3.09. The number of hydrogen-bond acceptors (Lipinski definition) is 3. The van der Waals surface area contributed by atoms with Gasteiger partial charge in [0.25, 0.3) is 0 Å². The molecule has 0 heterocycles. The standard InChI is InChI=1S/C9H6BrNO5/c10-4-1-2-6(5(3-4)8(13)14)11-7(12)9(15)16/h1-3H,(H,11,12)(H,13,14)(H,15,16). The first-order valence-electron chi connectivity index (χ1n) is 3.99. The highest BCUT2D eigenvalue weighted by atomic mass is 79.9. The van der Waals surface area contributed by atoms with E-state index < -0.39 is 17.8 Å². The fourth-order valence-corrected chi connectivity index (χ4v) is 1.34. The van der Waals surface area contributed by atoms with Crippen LogP contribution in [-0.2, 0) is 9.59 Å². The zero-order chi connectivity index (χ0) is 12.3. The third-order valence-electron chi connectivity index (χ3n) is 1.65. The SMILES string of the molecule is O=C(O)C(=O)Nc1ccc(Br)cc1C(=O)O. The average molecular weight is 288 g/mol. The van der Waals surface area contributed by atoms with Crippen LogP contribution in [0, 0.1) is 0 Å². The van der Waals surface area contributed by atoms with Gasteiger partial charge in [-0.3, -0.25) is 4.79 Å². The van der Waals surface area contributed by atoms with Crippen LogP contribution in [0.3, 0.4) is 0 Å². The van der Waals surface area contributed by atoms with Crippen molar-refractivity contribution >= 4 is 39.5 Å². The number of anilines is 1. The molecule has 0 atom stereocenters. The van der Waals surface area contributed by atoms with E-state index in [0.717, 1.165) is 0 Å². The van der Waals surface area contributed by atoms with Gasteiger partial charge in [-0.15, -0.1) is 0 Å². The van der Waals surface area contributed by atoms with Crippen molar-refractivity contribution in [1.29, 1.82) is 0 Å². The Morgan fingerprint density at radius 2 is 1.81 bits per heavy atom. The van der Waals surface area contributed by atoms with Crippen LogP contribution in [-0.4, -0.2) is 28.1 Å². The monoisotopic (exact) mass is 287 g/mol. The van der Waals surface area contributed by atoms with Gasteiger partial charge in [0.2, 0.25) is 0 Å². The number of benzene rings is 1. The first-order valence-corrected chi connectivity index (χ1v) is 4.78. The minimum absolute atomic E-state index is 0.0666. The zero-order valence-corrected chi connectivity index (χ0v) is 9.32. The van der Waals surface area contributed by atoms with E-state index in [1.807, 2.05) is 5.32 Å². The third-order valence-corrected chi connectivity index (χ3v) is 2.15. The molecule has 0 saturated heterocycles. The highest BCUT2D eigenvalue weighted by molar-refractivity contribution is 9.10. The van der Waals surface area contributed by atoms with Crippen LogP contribution in [0.25, 0.3) is 0 Å². The summed E-state index contributed by atoms with van der Waals surface area (Å²) in [5, 5.41) is 19.2. The van der Waals surface area contributed by atoms with Gasteiger partial charge in [-0.2, -0.15) is 0 Å². The van der Waals surface area contributed by atoms with Crippen molar-refractivity contribution in [3.8, 4) is 0 Å². The highest BCUT2D eigenvalue weighted by Crippen LogP contribution is 2.21. The molecule has 7 heteroatoms. The van der Waals surface area contributed by atoms with Crippen molar-refractivity contribution in [2.75, 3.05) is 5.32 Å². The molecular formula is C9H6BrNO5. The number of hydrogen-bond donors (Lipinski definition) is 3. The second-order valence-electron chi connectivity index (χ2n) is 2.75. The summed E-state index contributed by atoms with van der Waals surface area (Å²) in [5.41, 5.74) is -0.257. The van der Waals surface area contributed by atoms with Crippen molar-refractivity contribution in [3.05, 3.63) is 28.2 Å². The van der Waals surface area contributed by atoms with Crippen LogP contribution in [0.15, 0.2) is 22.7 Å². The summed E-state index contributed by atoms with van der Waals surface area (Å²) < 4.78 is 0.512. The molecule has 0 aliphatic carbocycles. The minimum atomic E-state index is -1.68. The number of carboxylic acid groups (broad SMARTS) is 2. The van der Waals surface area contributed by atoms with Gasteiger partial charge in [0.05, 0.1) is 11.3 Å². The second-order valence-corrected chi connectivity index (χ2v) is 3.67. The molecule has 1 aromatic rings. The highest BCUT2D eigenvalue weighted by Gasteiger charge is 2.16. The zero-order valence-electron chi connectivity index (χ0n) is 7.73. The third kappa shape index (κ3) is 2.80. The Morgan fingerprint density at radius 3 is 2.31 bits per heavy atom. The van der Waals surface area contributed by atoms with Gasteiger partial charge in [-0.1, -0.05) is 15.9 Å². The molecule has 0 fully saturated rings. The molecule has 1 rings (SSSR count). The number of carbonyl (C=O) groups excluding carboxylic acids is 1. The Morgan fingerprint density at radius 1 is 1.19 bits per heavy atom. The number of carbonyl (C=O) groups is 3. The lowest BCUT2D eigenvalue weighted by molar-refractivity contribution is -0.147. The lowest BCUT2D eigenvalue weighted by Crippen LogP contribution is -2.23. The van der Waals surface area contributed by atoms with Crippen LogP contribution in [0.4, 0.5) is 5.69 Å². The summed E-state index contributed by atoms with van der Waals surface area (Å²) >= 11 is 3.07. The quantitative estimate of drug-likeness (QED) is 0.709. The maximum absolute atomic E-state index is 10.9. The van der Waals surface area contributed by atoms with Crippen molar-refractivity contribution < 1.29 is 24.6 Å². The van der Waals surface area contributed by atoms with E-state index in [-0.39, 0.29) is 11.3 Å². The maximum Gasteiger partial charge on any atom is 0.394 e. The van der Waals surface area contributed by atoms with Crippen LogP contribution >= 0.6 is 15.9 Å². The van der Waals surface area contributed by atoms with Gasteiger partial charge in [0, 0.05) is 4.47 Å². The van der Waals surface area contributed by atoms with E-state index in [0.29, 0.717) is 4.47 Å². The molecule has 0 spiro atoms. The van der Waals surface area contributed by atoms with Crippen molar-refractivity contribution in [2.24, 2.45) is 0 Å². The van der Waals surface area contributed by atoms with Crippen LogP contribution in [0.2, 0.25) is 0 Å². The van der Waals surface area contributed by atoms with E-state index in [1.54, 1.807) is 0 Å². The molecule has 0 radical (unpaired) electrons. The van der Waals surface area contributed by atoms with Crippen molar-refractivity contribution in [3.63, 3.8) is 0 Å².